The third kappa shape index (κ3) is 2.72. The highest BCUT2D eigenvalue weighted by Crippen LogP contribution is 2.29. The summed E-state index contributed by atoms with van der Waals surface area (Å²) >= 11 is 8.48. The Morgan fingerprint density at radius 1 is 1.50 bits per heavy atom. The summed E-state index contributed by atoms with van der Waals surface area (Å²) in [5.41, 5.74) is 0.124. The maximum atomic E-state index is 10.8. The first-order valence-electron chi connectivity index (χ1n) is 4.13. The van der Waals surface area contributed by atoms with Gasteiger partial charge in [0.1, 0.15) is 10.2 Å². The molecule has 2 heterocycles. The molecule has 16 heavy (non-hydrogen) atoms. The maximum Gasteiger partial charge on any atom is 0.335 e. The summed E-state index contributed by atoms with van der Waals surface area (Å²) in [4.78, 5) is 18.9. The van der Waals surface area contributed by atoms with Crippen molar-refractivity contribution < 1.29 is 9.90 Å². The lowest BCUT2D eigenvalue weighted by atomic mass is 10.3. The Labute approximate surface area is 104 Å². The summed E-state index contributed by atoms with van der Waals surface area (Å²) in [5, 5.41) is 11.4. The van der Waals surface area contributed by atoms with E-state index in [0.29, 0.717) is 5.03 Å². The van der Waals surface area contributed by atoms with Gasteiger partial charge in [-0.15, -0.1) is 11.3 Å². The van der Waals surface area contributed by atoms with E-state index in [1.165, 1.54) is 35.2 Å². The summed E-state index contributed by atoms with van der Waals surface area (Å²) in [6.45, 7) is 0. The van der Waals surface area contributed by atoms with Crippen LogP contribution in [0.4, 0.5) is 0 Å². The van der Waals surface area contributed by atoms with E-state index in [0.717, 1.165) is 4.34 Å². The zero-order valence-electron chi connectivity index (χ0n) is 7.75. The number of hydrogen-bond donors (Lipinski definition) is 1. The third-order valence-electron chi connectivity index (χ3n) is 1.62. The highest BCUT2D eigenvalue weighted by Gasteiger charge is 2.09. The first kappa shape index (κ1) is 11.4. The van der Waals surface area contributed by atoms with E-state index >= 15 is 0 Å². The van der Waals surface area contributed by atoms with Gasteiger partial charge in [0.15, 0.2) is 4.34 Å². The van der Waals surface area contributed by atoms with Crippen LogP contribution >= 0.6 is 34.7 Å². The molecule has 0 spiro atoms. The van der Waals surface area contributed by atoms with Crippen molar-refractivity contribution in [2.45, 2.75) is 9.37 Å². The first-order chi connectivity index (χ1) is 7.65. The predicted molar refractivity (Wildman–Crippen MR) is 62.4 cm³/mol. The van der Waals surface area contributed by atoms with E-state index in [9.17, 15) is 4.79 Å². The lowest BCUT2D eigenvalue weighted by molar-refractivity contribution is 0.0696. The maximum absolute atomic E-state index is 10.8. The minimum absolute atomic E-state index is 0.124. The molecule has 0 aliphatic rings. The standard InChI is InChI=1S/C9H5ClN2O2S2/c10-6-3-5(8(13)14)4-7(12-6)16-9-11-1-2-15-9/h1-4H,(H,13,14). The van der Waals surface area contributed by atoms with Crippen molar-refractivity contribution in [3.63, 3.8) is 0 Å². The van der Waals surface area contributed by atoms with Gasteiger partial charge in [-0.25, -0.2) is 14.8 Å². The molecule has 82 valence electrons. The molecule has 0 saturated carbocycles. The fourth-order valence-corrected chi connectivity index (χ4v) is 2.85. The van der Waals surface area contributed by atoms with Crippen molar-refractivity contribution in [2.24, 2.45) is 0 Å². The zero-order chi connectivity index (χ0) is 11.5. The van der Waals surface area contributed by atoms with E-state index < -0.39 is 5.97 Å². The molecule has 0 bridgehead atoms. The molecule has 1 N–H and O–H groups in total. The van der Waals surface area contributed by atoms with Gasteiger partial charge in [-0.2, -0.15) is 0 Å². The molecule has 0 aromatic carbocycles. The number of nitrogens with zero attached hydrogens (tertiary/aromatic N) is 2. The minimum atomic E-state index is -1.02. The molecule has 4 nitrogen and oxygen atoms in total. The summed E-state index contributed by atoms with van der Waals surface area (Å²) in [6, 6.07) is 2.79. The average molecular weight is 273 g/mol. The number of aromatic nitrogens is 2. The lowest BCUT2D eigenvalue weighted by Gasteiger charge is -2.00. The van der Waals surface area contributed by atoms with Crippen LogP contribution in [0.15, 0.2) is 33.1 Å². The SMILES string of the molecule is O=C(O)c1cc(Cl)nc(Sc2nccs2)c1. The molecule has 0 radical (unpaired) electrons. The van der Waals surface area contributed by atoms with Crippen molar-refractivity contribution in [2.75, 3.05) is 0 Å². The molecule has 2 aromatic rings. The normalized spacial score (nSPS) is 10.3. The van der Waals surface area contributed by atoms with Gasteiger partial charge in [-0.1, -0.05) is 11.6 Å². The van der Waals surface area contributed by atoms with Crippen LogP contribution in [0, 0.1) is 0 Å². The molecule has 0 atom stereocenters. The summed E-state index contributed by atoms with van der Waals surface area (Å²) in [7, 11) is 0. The monoisotopic (exact) mass is 272 g/mol. The number of carboxylic acids is 1. The lowest BCUT2D eigenvalue weighted by Crippen LogP contribution is -1.97. The molecule has 0 aliphatic carbocycles. The summed E-state index contributed by atoms with van der Waals surface area (Å²) in [5.74, 6) is -1.02. The smallest absolute Gasteiger partial charge is 0.335 e. The van der Waals surface area contributed by atoms with Gasteiger partial charge in [0, 0.05) is 11.6 Å². The topological polar surface area (TPSA) is 63.1 Å². The highest BCUT2D eigenvalue weighted by molar-refractivity contribution is 8.01. The molecular formula is C9H5ClN2O2S2. The Morgan fingerprint density at radius 2 is 2.31 bits per heavy atom. The van der Waals surface area contributed by atoms with Crippen LogP contribution in [-0.4, -0.2) is 21.0 Å². The zero-order valence-corrected chi connectivity index (χ0v) is 10.1. The van der Waals surface area contributed by atoms with Gasteiger partial charge >= 0.3 is 5.97 Å². The van der Waals surface area contributed by atoms with Crippen LogP contribution < -0.4 is 0 Å². The van der Waals surface area contributed by atoms with Gasteiger partial charge < -0.3 is 5.11 Å². The van der Waals surface area contributed by atoms with Crippen molar-refractivity contribution in [3.05, 3.63) is 34.4 Å². The molecule has 0 saturated heterocycles. The fraction of sp³-hybridized carbons (Fsp3) is 0. The van der Waals surface area contributed by atoms with Crippen molar-refractivity contribution in [1.29, 1.82) is 0 Å². The predicted octanol–water partition coefficient (Wildman–Crippen LogP) is 3.04. The van der Waals surface area contributed by atoms with Gasteiger partial charge in [-0.3, -0.25) is 0 Å². The molecule has 2 rings (SSSR count). The second-order valence-corrected chi connectivity index (χ2v) is 5.27. The second-order valence-electron chi connectivity index (χ2n) is 2.72. The summed E-state index contributed by atoms with van der Waals surface area (Å²) in [6.07, 6.45) is 1.68. The Balaban J connectivity index is 2.31. The van der Waals surface area contributed by atoms with Crippen LogP contribution in [0.1, 0.15) is 10.4 Å². The van der Waals surface area contributed by atoms with E-state index in [2.05, 4.69) is 9.97 Å². The van der Waals surface area contributed by atoms with Crippen molar-refractivity contribution >= 4 is 40.7 Å². The quantitative estimate of drug-likeness (QED) is 0.870. The largest absolute Gasteiger partial charge is 0.478 e. The number of halogens is 1. The Bertz CT molecular complexity index is 516. The fourth-order valence-electron chi connectivity index (χ4n) is 0.999. The number of aromatic carboxylic acids is 1. The molecular weight excluding hydrogens is 268 g/mol. The molecule has 0 fully saturated rings. The van der Waals surface area contributed by atoms with Gasteiger partial charge in [-0.05, 0) is 23.9 Å². The number of rotatable bonds is 3. The molecule has 0 aliphatic heterocycles. The van der Waals surface area contributed by atoms with Crippen molar-refractivity contribution in [1.82, 2.24) is 9.97 Å². The number of pyridine rings is 1. The van der Waals surface area contributed by atoms with Crippen LogP contribution in [0.5, 0.6) is 0 Å². The molecule has 7 heteroatoms. The first-order valence-corrected chi connectivity index (χ1v) is 6.21. The third-order valence-corrected chi connectivity index (χ3v) is 3.61. The van der Waals surface area contributed by atoms with E-state index in [1.54, 1.807) is 6.20 Å². The van der Waals surface area contributed by atoms with Gasteiger partial charge in [0.25, 0.3) is 0 Å². The Morgan fingerprint density at radius 3 is 2.94 bits per heavy atom. The van der Waals surface area contributed by atoms with Crippen LogP contribution in [0.2, 0.25) is 5.15 Å². The second kappa shape index (κ2) is 4.82. The number of carbonyl (C=O) groups is 1. The van der Waals surface area contributed by atoms with E-state index in [4.69, 9.17) is 16.7 Å². The molecule has 0 amide bonds. The number of carboxylic acid groups (broad SMARTS) is 1. The number of hydrogen-bond acceptors (Lipinski definition) is 5. The summed E-state index contributed by atoms with van der Waals surface area (Å²) < 4.78 is 0.797. The molecule has 0 unspecified atom stereocenters. The van der Waals surface area contributed by atoms with Crippen LogP contribution in [0.25, 0.3) is 0 Å². The van der Waals surface area contributed by atoms with Crippen molar-refractivity contribution in [3.8, 4) is 0 Å². The average Bonchev–Trinajstić information content (AvgIpc) is 2.69. The van der Waals surface area contributed by atoms with Crippen LogP contribution in [0.3, 0.4) is 0 Å². The van der Waals surface area contributed by atoms with Gasteiger partial charge in [0.2, 0.25) is 0 Å². The Hall–Kier alpha value is -1.11. The van der Waals surface area contributed by atoms with Gasteiger partial charge in [0.05, 0.1) is 5.56 Å². The Kier molecular flexibility index (Phi) is 3.42. The molecule has 2 aromatic heterocycles. The van der Waals surface area contributed by atoms with E-state index in [1.807, 2.05) is 5.38 Å². The number of thiazole rings is 1. The minimum Gasteiger partial charge on any atom is -0.478 e. The highest BCUT2D eigenvalue weighted by atomic mass is 35.5. The van der Waals surface area contributed by atoms with E-state index in [-0.39, 0.29) is 10.7 Å². The van der Waals surface area contributed by atoms with Crippen LogP contribution in [-0.2, 0) is 0 Å².